The van der Waals surface area contributed by atoms with Crippen LogP contribution in [0.2, 0.25) is 0 Å². The van der Waals surface area contributed by atoms with E-state index in [1.165, 1.54) is 10.4 Å². The van der Waals surface area contributed by atoms with Crippen LogP contribution in [-0.4, -0.2) is 57.1 Å². The lowest BCUT2D eigenvalue weighted by Crippen LogP contribution is -2.48. The molecule has 2 aliphatic rings. The van der Waals surface area contributed by atoms with Gasteiger partial charge in [-0.3, -0.25) is 4.79 Å². The summed E-state index contributed by atoms with van der Waals surface area (Å²) in [6.45, 7) is 3.42. The predicted molar refractivity (Wildman–Crippen MR) is 108 cm³/mol. The van der Waals surface area contributed by atoms with Crippen LogP contribution in [0.3, 0.4) is 0 Å². The van der Waals surface area contributed by atoms with E-state index in [9.17, 15) is 13.2 Å². The number of halogens is 1. The molecule has 3 N–H and O–H groups in total. The fourth-order valence-corrected chi connectivity index (χ4v) is 5.04. The van der Waals surface area contributed by atoms with E-state index < -0.39 is 15.6 Å². The summed E-state index contributed by atoms with van der Waals surface area (Å²) in [5.41, 5.74) is 5.70. The second-order valence-corrected chi connectivity index (χ2v) is 8.83. The molecule has 0 radical (unpaired) electrons. The summed E-state index contributed by atoms with van der Waals surface area (Å²) in [4.78, 5) is 12.6. The zero-order chi connectivity index (χ0) is 19.5. The van der Waals surface area contributed by atoms with E-state index in [1.807, 2.05) is 0 Å². The highest BCUT2D eigenvalue weighted by Crippen LogP contribution is 2.32. The summed E-state index contributed by atoms with van der Waals surface area (Å²) in [5, 5.41) is 2.78. The Balaban J connectivity index is 0.00000280. The van der Waals surface area contributed by atoms with Gasteiger partial charge in [-0.05, 0) is 38.0 Å². The lowest BCUT2D eigenvalue weighted by atomic mass is 9.98. The number of ether oxygens (including phenoxy) is 2. The van der Waals surface area contributed by atoms with Crippen molar-refractivity contribution >= 4 is 34.0 Å². The maximum absolute atomic E-state index is 13.1. The van der Waals surface area contributed by atoms with Crippen molar-refractivity contribution in [3.05, 3.63) is 18.2 Å². The third-order valence-electron chi connectivity index (χ3n) is 5.04. The number of nitrogens with one attached hydrogen (secondary N) is 1. The molecule has 1 aliphatic carbocycles. The number of carbonyl (C=O) groups excluding carboxylic acids is 1. The van der Waals surface area contributed by atoms with Gasteiger partial charge >= 0.3 is 0 Å². The van der Waals surface area contributed by atoms with Crippen molar-refractivity contribution in [1.29, 1.82) is 0 Å². The molecule has 0 unspecified atom stereocenters. The van der Waals surface area contributed by atoms with Crippen LogP contribution in [0.25, 0.3) is 0 Å². The lowest BCUT2D eigenvalue weighted by Gasteiger charge is -2.27. The standard InChI is InChI=1S/C18H27N3O5S.ClH/c1-2-26-15-6-5-14(20-17(22)18(19)7-3-4-8-18)13-16(15)27(23,24)21-9-11-25-12-10-21;/h5-6,13H,2-4,7-12,19H2,1H3,(H,20,22);1H. The molecule has 0 spiro atoms. The molecule has 2 fully saturated rings. The molecule has 158 valence electrons. The Morgan fingerprint density at radius 1 is 1.29 bits per heavy atom. The summed E-state index contributed by atoms with van der Waals surface area (Å²) in [5.74, 6) is -0.0100. The monoisotopic (exact) mass is 433 g/mol. The Morgan fingerprint density at radius 3 is 2.54 bits per heavy atom. The summed E-state index contributed by atoms with van der Waals surface area (Å²) in [6, 6.07) is 4.66. The van der Waals surface area contributed by atoms with Gasteiger partial charge in [0.15, 0.2) is 0 Å². The maximum Gasteiger partial charge on any atom is 0.246 e. The minimum atomic E-state index is -3.76. The number of rotatable bonds is 6. The Kier molecular flexibility index (Phi) is 7.69. The number of anilines is 1. The van der Waals surface area contributed by atoms with E-state index in [2.05, 4.69) is 5.32 Å². The van der Waals surface area contributed by atoms with Crippen LogP contribution in [0.1, 0.15) is 32.6 Å². The van der Waals surface area contributed by atoms with Crippen LogP contribution >= 0.6 is 12.4 Å². The van der Waals surface area contributed by atoms with Crippen LogP contribution in [0, 0.1) is 0 Å². The molecule has 1 saturated carbocycles. The normalized spacial score (nSPS) is 19.6. The largest absolute Gasteiger partial charge is 0.492 e. The van der Waals surface area contributed by atoms with E-state index in [1.54, 1.807) is 19.1 Å². The van der Waals surface area contributed by atoms with E-state index in [0.717, 1.165) is 12.8 Å². The Labute approximate surface area is 172 Å². The summed E-state index contributed by atoms with van der Waals surface area (Å²) in [7, 11) is -3.76. The molecule has 0 atom stereocenters. The van der Waals surface area contributed by atoms with Gasteiger partial charge in [0, 0.05) is 18.8 Å². The number of carbonyl (C=O) groups is 1. The molecule has 1 aromatic rings. The second-order valence-electron chi connectivity index (χ2n) is 6.93. The van der Waals surface area contributed by atoms with Crippen LogP contribution in [0.5, 0.6) is 5.75 Å². The topological polar surface area (TPSA) is 111 Å². The van der Waals surface area contributed by atoms with Gasteiger partial charge < -0.3 is 20.5 Å². The van der Waals surface area contributed by atoms with Gasteiger partial charge in [0.25, 0.3) is 0 Å². The molecule has 1 saturated heterocycles. The number of sulfonamides is 1. The van der Waals surface area contributed by atoms with Crippen molar-refractivity contribution in [3.63, 3.8) is 0 Å². The van der Waals surface area contributed by atoms with Crippen molar-refractivity contribution in [1.82, 2.24) is 4.31 Å². The first kappa shape index (κ1) is 22.9. The molecule has 3 rings (SSSR count). The third-order valence-corrected chi connectivity index (χ3v) is 6.96. The van der Waals surface area contributed by atoms with Crippen molar-refractivity contribution < 1.29 is 22.7 Å². The fourth-order valence-electron chi connectivity index (χ4n) is 3.48. The molecule has 0 bridgehead atoms. The molecule has 1 heterocycles. The van der Waals surface area contributed by atoms with Crippen molar-refractivity contribution in [2.75, 3.05) is 38.2 Å². The predicted octanol–water partition coefficient (Wildman–Crippen LogP) is 1.74. The highest BCUT2D eigenvalue weighted by molar-refractivity contribution is 7.89. The number of hydrogen-bond donors (Lipinski definition) is 2. The van der Waals surface area contributed by atoms with Gasteiger partial charge in [0.2, 0.25) is 15.9 Å². The van der Waals surface area contributed by atoms with Gasteiger partial charge in [0.1, 0.15) is 10.6 Å². The van der Waals surface area contributed by atoms with Gasteiger partial charge in [-0.25, -0.2) is 8.42 Å². The second kappa shape index (κ2) is 9.41. The summed E-state index contributed by atoms with van der Waals surface area (Å²) < 4.78 is 38.3. The van der Waals surface area contributed by atoms with Crippen LogP contribution in [-0.2, 0) is 19.6 Å². The van der Waals surface area contributed by atoms with Crippen molar-refractivity contribution in [2.45, 2.75) is 43.0 Å². The Bertz CT molecular complexity index is 790. The Morgan fingerprint density at radius 2 is 1.93 bits per heavy atom. The fraction of sp³-hybridized carbons (Fsp3) is 0.611. The number of benzene rings is 1. The number of nitrogens with zero attached hydrogens (tertiary/aromatic N) is 1. The van der Waals surface area contributed by atoms with Gasteiger partial charge in [-0.2, -0.15) is 4.31 Å². The van der Waals surface area contributed by atoms with E-state index in [4.69, 9.17) is 15.2 Å². The lowest BCUT2D eigenvalue weighted by molar-refractivity contribution is -0.121. The molecule has 0 aromatic heterocycles. The van der Waals surface area contributed by atoms with Gasteiger partial charge in [-0.1, -0.05) is 12.8 Å². The van der Waals surface area contributed by atoms with Crippen LogP contribution in [0.15, 0.2) is 23.1 Å². The summed E-state index contributed by atoms with van der Waals surface area (Å²) >= 11 is 0. The number of nitrogens with two attached hydrogens (primary N) is 1. The first-order valence-electron chi connectivity index (χ1n) is 9.32. The number of hydrogen-bond acceptors (Lipinski definition) is 6. The van der Waals surface area contributed by atoms with E-state index in [0.29, 0.717) is 38.3 Å². The highest BCUT2D eigenvalue weighted by atomic mass is 35.5. The van der Waals surface area contributed by atoms with Crippen LogP contribution < -0.4 is 15.8 Å². The summed E-state index contributed by atoms with van der Waals surface area (Å²) in [6.07, 6.45) is 3.11. The highest BCUT2D eigenvalue weighted by Gasteiger charge is 2.37. The van der Waals surface area contributed by atoms with Gasteiger partial charge in [-0.15, -0.1) is 12.4 Å². The SMILES string of the molecule is CCOc1ccc(NC(=O)C2(N)CCCC2)cc1S(=O)(=O)N1CCOCC1.Cl. The molecule has 1 aliphatic heterocycles. The number of amides is 1. The average molecular weight is 434 g/mol. The number of morpholine rings is 1. The van der Waals surface area contributed by atoms with Crippen LogP contribution in [0.4, 0.5) is 5.69 Å². The Hall–Kier alpha value is -1.39. The van der Waals surface area contributed by atoms with E-state index in [-0.39, 0.29) is 42.0 Å². The van der Waals surface area contributed by atoms with Crippen molar-refractivity contribution in [3.8, 4) is 5.75 Å². The van der Waals surface area contributed by atoms with Gasteiger partial charge in [0.05, 0.1) is 25.4 Å². The maximum atomic E-state index is 13.1. The van der Waals surface area contributed by atoms with E-state index >= 15 is 0 Å². The molecular formula is C18H28ClN3O5S. The minimum Gasteiger partial charge on any atom is -0.492 e. The molecule has 1 amide bonds. The first-order valence-corrected chi connectivity index (χ1v) is 10.8. The first-order chi connectivity index (χ1) is 12.9. The molecular weight excluding hydrogens is 406 g/mol. The quantitative estimate of drug-likeness (QED) is 0.706. The van der Waals surface area contributed by atoms with Crippen molar-refractivity contribution in [2.24, 2.45) is 5.73 Å². The molecule has 10 heteroatoms. The average Bonchev–Trinajstić information content (AvgIpc) is 3.12. The zero-order valence-electron chi connectivity index (χ0n) is 16.0. The third kappa shape index (κ3) is 4.77. The molecule has 8 nitrogen and oxygen atoms in total. The minimum absolute atomic E-state index is 0. The molecule has 1 aromatic carbocycles. The smallest absolute Gasteiger partial charge is 0.246 e. The zero-order valence-corrected chi connectivity index (χ0v) is 17.6. The molecule has 28 heavy (non-hydrogen) atoms.